The van der Waals surface area contributed by atoms with Crippen LogP contribution < -0.4 is 10.6 Å². The Morgan fingerprint density at radius 1 is 1.06 bits per heavy atom. The van der Waals surface area contributed by atoms with E-state index in [1.165, 1.54) is 0 Å². The lowest BCUT2D eigenvalue weighted by Gasteiger charge is -2.27. The van der Waals surface area contributed by atoms with E-state index in [-0.39, 0.29) is 12.5 Å². The van der Waals surface area contributed by atoms with Crippen LogP contribution >= 0.6 is 0 Å². The van der Waals surface area contributed by atoms with Crippen LogP contribution in [0.4, 0.5) is 4.79 Å². The first-order chi connectivity index (χ1) is 15.9. The summed E-state index contributed by atoms with van der Waals surface area (Å²) in [6.07, 6.45) is 0. The predicted octanol–water partition coefficient (Wildman–Crippen LogP) is 1.91. The zero-order valence-electron chi connectivity index (χ0n) is 19.1. The van der Waals surface area contributed by atoms with Gasteiger partial charge < -0.3 is 15.4 Å². The van der Waals surface area contributed by atoms with Gasteiger partial charge in [0.05, 0.1) is 13.2 Å². The fraction of sp³-hybridized carbons (Fsp3) is 0.400. The second-order valence-electron chi connectivity index (χ2n) is 8.75. The molecule has 8 heteroatoms. The standard InChI is InChI=1S/C25H30N4O4/c1-18-7-9-21(10-8-18)25(2)23(31)29(24(32)27-25)17-22(30)26-15-19-5-3-4-6-20(19)16-28-11-13-33-14-12-28/h3-10H,11-17H2,1-2H3,(H,26,30)(H,27,32). The van der Waals surface area contributed by atoms with Crippen LogP contribution in [-0.2, 0) is 33.0 Å². The molecule has 0 aromatic heterocycles. The van der Waals surface area contributed by atoms with Crippen molar-refractivity contribution in [2.24, 2.45) is 0 Å². The summed E-state index contributed by atoms with van der Waals surface area (Å²) in [4.78, 5) is 41.5. The maximum Gasteiger partial charge on any atom is 0.325 e. The number of urea groups is 1. The molecule has 8 nitrogen and oxygen atoms in total. The van der Waals surface area contributed by atoms with E-state index in [0.29, 0.717) is 12.1 Å². The van der Waals surface area contributed by atoms with E-state index in [1.54, 1.807) is 6.92 Å². The van der Waals surface area contributed by atoms with E-state index >= 15 is 0 Å². The molecule has 2 aromatic carbocycles. The van der Waals surface area contributed by atoms with Gasteiger partial charge in [0.15, 0.2) is 0 Å². The van der Waals surface area contributed by atoms with Crippen molar-refractivity contribution < 1.29 is 19.1 Å². The van der Waals surface area contributed by atoms with Crippen molar-refractivity contribution in [2.45, 2.75) is 32.5 Å². The zero-order chi connectivity index (χ0) is 23.4. The van der Waals surface area contributed by atoms with Gasteiger partial charge in [-0.3, -0.25) is 19.4 Å². The quantitative estimate of drug-likeness (QED) is 0.629. The molecule has 0 spiro atoms. The van der Waals surface area contributed by atoms with E-state index in [2.05, 4.69) is 21.6 Å². The predicted molar refractivity (Wildman–Crippen MR) is 123 cm³/mol. The normalized spacial score (nSPS) is 21.2. The molecule has 2 saturated heterocycles. The third kappa shape index (κ3) is 5.07. The summed E-state index contributed by atoms with van der Waals surface area (Å²) in [5.74, 6) is -0.813. The maximum absolute atomic E-state index is 13.1. The van der Waals surface area contributed by atoms with Crippen LogP contribution in [0, 0.1) is 6.92 Å². The Morgan fingerprint density at radius 3 is 2.42 bits per heavy atom. The number of carbonyl (C=O) groups is 3. The lowest BCUT2D eigenvalue weighted by molar-refractivity contribution is -0.134. The van der Waals surface area contributed by atoms with Crippen LogP contribution in [0.1, 0.15) is 29.2 Å². The Bertz CT molecular complexity index is 1030. The summed E-state index contributed by atoms with van der Waals surface area (Å²) in [5.41, 5.74) is 2.71. The van der Waals surface area contributed by atoms with Gasteiger partial charge in [-0.25, -0.2) is 4.79 Å². The summed E-state index contributed by atoms with van der Waals surface area (Å²) in [6, 6.07) is 14.8. The van der Waals surface area contributed by atoms with Gasteiger partial charge in [-0.15, -0.1) is 0 Å². The molecule has 1 unspecified atom stereocenters. The number of carbonyl (C=O) groups excluding carboxylic acids is 3. The van der Waals surface area contributed by atoms with Crippen LogP contribution in [0.5, 0.6) is 0 Å². The molecule has 1 atom stereocenters. The second-order valence-corrected chi connectivity index (χ2v) is 8.75. The smallest absolute Gasteiger partial charge is 0.325 e. The third-order valence-corrected chi connectivity index (χ3v) is 6.30. The molecule has 33 heavy (non-hydrogen) atoms. The highest BCUT2D eigenvalue weighted by molar-refractivity contribution is 6.09. The monoisotopic (exact) mass is 450 g/mol. The molecule has 2 aliphatic rings. The minimum atomic E-state index is -1.18. The first-order valence-corrected chi connectivity index (χ1v) is 11.2. The summed E-state index contributed by atoms with van der Waals surface area (Å²) in [5, 5.41) is 5.60. The Labute approximate surface area is 193 Å². The molecule has 0 aliphatic carbocycles. The van der Waals surface area contributed by atoms with Gasteiger partial charge in [-0.1, -0.05) is 54.1 Å². The highest BCUT2D eigenvalue weighted by Gasteiger charge is 2.49. The van der Waals surface area contributed by atoms with Crippen molar-refractivity contribution in [1.29, 1.82) is 0 Å². The van der Waals surface area contributed by atoms with Gasteiger partial charge in [0.1, 0.15) is 12.1 Å². The number of benzene rings is 2. The van der Waals surface area contributed by atoms with Crippen LogP contribution in [0.3, 0.4) is 0 Å². The summed E-state index contributed by atoms with van der Waals surface area (Å²) >= 11 is 0. The summed E-state index contributed by atoms with van der Waals surface area (Å²) in [7, 11) is 0. The lowest BCUT2D eigenvalue weighted by atomic mass is 9.91. The van der Waals surface area contributed by atoms with Crippen LogP contribution in [-0.4, -0.2) is 60.5 Å². The molecular formula is C25H30N4O4. The number of amides is 4. The van der Waals surface area contributed by atoms with E-state index in [1.807, 2.05) is 49.4 Å². The summed E-state index contributed by atoms with van der Waals surface area (Å²) < 4.78 is 5.41. The van der Waals surface area contributed by atoms with Gasteiger partial charge in [0, 0.05) is 26.2 Å². The molecule has 2 aliphatic heterocycles. The molecule has 0 radical (unpaired) electrons. The molecular weight excluding hydrogens is 420 g/mol. The summed E-state index contributed by atoms with van der Waals surface area (Å²) in [6.45, 7) is 7.64. The number of hydrogen-bond acceptors (Lipinski definition) is 5. The van der Waals surface area contributed by atoms with Crippen molar-refractivity contribution in [1.82, 2.24) is 20.4 Å². The zero-order valence-corrected chi connectivity index (χ0v) is 19.1. The molecule has 0 saturated carbocycles. The molecule has 4 amide bonds. The molecule has 174 valence electrons. The van der Waals surface area contributed by atoms with E-state index < -0.39 is 17.5 Å². The first-order valence-electron chi connectivity index (χ1n) is 11.2. The minimum Gasteiger partial charge on any atom is -0.379 e. The van der Waals surface area contributed by atoms with Gasteiger partial charge in [0.25, 0.3) is 5.91 Å². The maximum atomic E-state index is 13.1. The highest BCUT2D eigenvalue weighted by Crippen LogP contribution is 2.28. The lowest BCUT2D eigenvalue weighted by Crippen LogP contribution is -2.43. The number of morpholine rings is 1. The number of rotatable bonds is 7. The first kappa shape index (κ1) is 22.9. The number of nitrogens with zero attached hydrogens (tertiary/aromatic N) is 2. The molecule has 0 bridgehead atoms. The minimum absolute atomic E-state index is 0.322. The fourth-order valence-electron chi connectivity index (χ4n) is 4.20. The number of ether oxygens (including phenoxy) is 1. The van der Waals surface area contributed by atoms with Gasteiger partial charge in [0.2, 0.25) is 5.91 Å². The van der Waals surface area contributed by atoms with Crippen LogP contribution in [0.2, 0.25) is 0 Å². The molecule has 2 fully saturated rings. The average Bonchev–Trinajstić information content (AvgIpc) is 3.03. The van der Waals surface area contributed by atoms with Crippen molar-refractivity contribution in [3.63, 3.8) is 0 Å². The molecule has 2 heterocycles. The Kier molecular flexibility index (Phi) is 6.76. The van der Waals surface area contributed by atoms with Crippen molar-refractivity contribution in [3.8, 4) is 0 Å². The number of aryl methyl sites for hydroxylation is 1. The van der Waals surface area contributed by atoms with Gasteiger partial charge >= 0.3 is 6.03 Å². The van der Waals surface area contributed by atoms with Crippen molar-refractivity contribution in [2.75, 3.05) is 32.8 Å². The van der Waals surface area contributed by atoms with E-state index in [9.17, 15) is 14.4 Å². The number of nitrogens with one attached hydrogen (secondary N) is 2. The average molecular weight is 451 g/mol. The van der Waals surface area contributed by atoms with E-state index in [0.717, 1.165) is 54.4 Å². The van der Waals surface area contributed by atoms with Crippen molar-refractivity contribution in [3.05, 3.63) is 70.8 Å². The molecule has 4 rings (SSSR count). The van der Waals surface area contributed by atoms with Crippen LogP contribution in [0.25, 0.3) is 0 Å². The second kappa shape index (κ2) is 9.72. The van der Waals surface area contributed by atoms with Crippen molar-refractivity contribution >= 4 is 17.8 Å². The molecule has 2 N–H and O–H groups in total. The fourth-order valence-corrected chi connectivity index (χ4v) is 4.20. The topological polar surface area (TPSA) is 91.0 Å². The van der Waals surface area contributed by atoms with Crippen LogP contribution in [0.15, 0.2) is 48.5 Å². The Balaban J connectivity index is 1.37. The Morgan fingerprint density at radius 2 is 1.73 bits per heavy atom. The van der Waals surface area contributed by atoms with E-state index in [4.69, 9.17) is 4.74 Å². The number of hydrogen-bond donors (Lipinski definition) is 2. The van der Waals surface area contributed by atoms with Gasteiger partial charge in [-0.2, -0.15) is 0 Å². The SMILES string of the molecule is Cc1ccc(C2(C)NC(=O)N(CC(=O)NCc3ccccc3CN3CCOCC3)C2=O)cc1. The van der Waals surface area contributed by atoms with Gasteiger partial charge in [-0.05, 0) is 30.5 Å². The highest BCUT2D eigenvalue weighted by atomic mass is 16.5. The Hall–Kier alpha value is -3.23. The third-order valence-electron chi connectivity index (χ3n) is 6.30. The molecule has 2 aromatic rings. The number of imide groups is 1. The largest absolute Gasteiger partial charge is 0.379 e.